The van der Waals surface area contributed by atoms with Crippen LogP contribution < -0.4 is 0 Å². The number of rotatable bonds is 4. The second-order valence-electron chi connectivity index (χ2n) is 3.15. The summed E-state index contributed by atoms with van der Waals surface area (Å²) in [5, 5.41) is 0. The molecule has 0 aromatic heterocycles. The molecule has 0 aliphatic heterocycles. The van der Waals surface area contributed by atoms with Crippen LogP contribution in [0.25, 0.3) is 0 Å². The van der Waals surface area contributed by atoms with Gasteiger partial charge in [0, 0.05) is 0 Å². The molecule has 0 saturated carbocycles. The summed E-state index contributed by atoms with van der Waals surface area (Å²) in [6.07, 6.45) is -21.0. The third-order valence-electron chi connectivity index (χ3n) is 1.69. The van der Waals surface area contributed by atoms with Gasteiger partial charge < -0.3 is 0 Å². The van der Waals surface area contributed by atoms with E-state index in [0.29, 0.717) is 0 Å². The largest absolute Gasteiger partial charge is 0.440 e. The zero-order chi connectivity index (χ0) is 16.8. The fourth-order valence-electron chi connectivity index (χ4n) is 0.769. The lowest BCUT2D eigenvalue weighted by Gasteiger charge is -2.36. The summed E-state index contributed by atoms with van der Waals surface area (Å²) in [6.45, 7) is 0. The normalized spacial score (nSPS) is 17.2. The van der Waals surface area contributed by atoms with Gasteiger partial charge in [-0.3, -0.25) is 4.74 Å². The minimum absolute atomic E-state index is 2.60. The predicted octanol–water partition coefficient (Wildman–Crippen LogP) is 5.09. The number of hydrogen-bond acceptors (Lipinski definition) is 1. The van der Waals surface area contributed by atoms with Crippen LogP contribution in [0, 0.1) is 0 Å². The lowest BCUT2D eigenvalue weighted by atomic mass is 10.0. The number of alkyl halides is 13. The summed E-state index contributed by atoms with van der Waals surface area (Å²) >= 11 is 13.3. The van der Waals surface area contributed by atoms with Gasteiger partial charge >= 0.3 is 24.1 Å². The molecular weight excluding hydrogens is 384 g/mol. The minimum atomic E-state index is -7.15. The van der Waals surface area contributed by atoms with E-state index in [1.54, 1.807) is 0 Å². The maximum absolute atomic E-state index is 12.9. The van der Waals surface area contributed by atoms with Crippen LogP contribution in [0.3, 0.4) is 0 Å². The van der Waals surface area contributed by atoms with Gasteiger partial charge in [-0.15, -0.1) is 0 Å². The SMILES string of the molecule is FC(Cl)(Cl)C(Cl)OC(F)(F)C(F)(C(F)(F)F)C(F)(F)F. The monoisotopic (exact) mass is 384 g/mol. The van der Waals surface area contributed by atoms with Crippen LogP contribution in [0.2, 0.25) is 0 Å². The quantitative estimate of drug-likeness (QED) is 0.484. The first-order valence-electron chi connectivity index (χ1n) is 3.96. The smallest absolute Gasteiger partial charge is 0.291 e. The molecule has 0 rings (SSSR count). The maximum atomic E-state index is 12.9. The van der Waals surface area contributed by atoms with Crippen molar-refractivity contribution in [3.8, 4) is 0 Å². The standard InChI is InChI=1S/C6HCl3F10O/c7-1(2(8,9)10)20-6(18,19)3(11,4(12,13)14)5(15,16)17/h1H. The lowest BCUT2D eigenvalue weighted by Crippen LogP contribution is -2.66. The Morgan fingerprint density at radius 3 is 1.20 bits per heavy atom. The van der Waals surface area contributed by atoms with E-state index in [1.807, 2.05) is 0 Å². The zero-order valence-corrected chi connectivity index (χ0v) is 10.7. The molecule has 1 atom stereocenters. The second kappa shape index (κ2) is 5.40. The van der Waals surface area contributed by atoms with E-state index in [2.05, 4.69) is 39.5 Å². The van der Waals surface area contributed by atoms with E-state index in [1.165, 1.54) is 0 Å². The van der Waals surface area contributed by atoms with Crippen molar-refractivity contribution in [3.63, 3.8) is 0 Å². The molecule has 0 amide bonds. The van der Waals surface area contributed by atoms with Crippen molar-refractivity contribution in [2.24, 2.45) is 0 Å². The van der Waals surface area contributed by atoms with Gasteiger partial charge in [0.1, 0.15) is 0 Å². The number of ether oxygens (including phenoxy) is 1. The van der Waals surface area contributed by atoms with Gasteiger partial charge in [-0.2, -0.15) is 35.1 Å². The topological polar surface area (TPSA) is 9.23 Å². The molecule has 1 unspecified atom stereocenters. The van der Waals surface area contributed by atoms with Gasteiger partial charge in [0.15, 0.2) is 5.56 Å². The van der Waals surface area contributed by atoms with E-state index in [-0.39, 0.29) is 0 Å². The van der Waals surface area contributed by atoms with Crippen LogP contribution in [0.1, 0.15) is 0 Å². The third-order valence-corrected chi connectivity index (χ3v) is 2.70. The molecule has 0 radical (unpaired) electrons. The van der Waals surface area contributed by atoms with E-state index in [0.717, 1.165) is 0 Å². The van der Waals surface area contributed by atoms with Gasteiger partial charge in [-0.05, 0) is 0 Å². The molecule has 0 aromatic rings. The van der Waals surface area contributed by atoms with E-state index in [4.69, 9.17) is 0 Å². The molecule has 14 heteroatoms. The highest BCUT2D eigenvalue weighted by molar-refractivity contribution is 6.50. The third kappa shape index (κ3) is 3.66. The Balaban J connectivity index is 5.73. The van der Waals surface area contributed by atoms with Crippen LogP contribution in [-0.4, -0.2) is 34.3 Å². The van der Waals surface area contributed by atoms with Crippen molar-refractivity contribution >= 4 is 34.8 Å². The summed E-state index contributed by atoms with van der Waals surface area (Å²) in [5.74, 6) is 0. The zero-order valence-electron chi connectivity index (χ0n) is 8.40. The second-order valence-corrected chi connectivity index (χ2v) is 4.84. The Bertz CT molecular complexity index is 330. The molecular formula is C6HCl3F10O. The van der Waals surface area contributed by atoms with E-state index < -0.39 is 34.3 Å². The van der Waals surface area contributed by atoms with E-state index in [9.17, 15) is 43.9 Å². The maximum Gasteiger partial charge on any atom is 0.440 e. The van der Waals surface area contributed by atoms with Crippen molar-refractivity contribution in [1.82, 2.24) is 0 Å². The average Bonchev–Trinajstić information content (AvgIpc) is 2.10. The van der Waals surface area contributed by atoms with Crippen molar-refractivity contribution < 1.29 is 48.6 Å². The van der Waals surface area contributed by atoms with Crippen molar-refractivity contribution in [2.75, 3.05) is 0 Å². The molecule has 0 heterocycles. The molecule has 0 spiro atoms. The summed E-state index contributed by atoms with van der Waals surface area (Å²) < 4.78 is 122. The summed E-state index contributed by atoms with van der Waals surface area (Å²) in [5.41, 5.74) is -10.6. The summed E-state index contributed by atoms with van der Waals surface area (Å²) in [6, 6.07) is 0. The molecule has 0 bridgehead atoms. The highest BCUT2D eigenvalue weighted by Gasteiger charge is 2.86. The van der Waals surface area contributed by atoms with Gasteiger partial charge in [0.2, 0.25) is 0 Å². The molecule has 1 nitrogen and oxygen atoms in total. The van der Waals surface area contributed by atoms with Gasteiger partial charge in [-0.1, -0.05) is 34.8 Å². The molecule has 0 saturated heterocycles. The van der Waals surface area contributed by atoms with Crippen molar-refractivity contribution in [2.45, 2.75) is 34.3 Å². The Hall–Kier alpha value is 0.130. The molecule has 0 aliphatic carbocycles. The highest BCUT2D eigenvalue weighted by Crippen LogP contribution is 2.56. The molecule has 0 N–H and O–H groups in total. The molecule has 0 fully saturated rings. The van der Waals surface area contributed by atoms with E-state index >= 15 is 0 Å². The Morgan fingerprint density at radius 2 is 1.00 bits per heavy atom. The highest BCUT2D eigenvalue weighted by atomic mass is 35.5. The molecule has 20 heavy (non-hydrogen) atoms. The number of hydrogen-bond donors (Lipinski definition) is 0. The fourth-order valence-corrected chi connectivity index (χ4v) is 0.970. The first kappa shape index (κ1) is 20.1. The minimum Gasteiger partial charge on any atom is -0.291 e. The summed E-state index contributed by atoms with van der Waals surface area (Å²) in [4.78, 5) is 0. The predicted molar refractivity (Wildman–Crippen MR) is 47.2 cm³/mol. The van der Waals surface area contributed by atoms with Crippen LogP contribution in [-0.2, 0) is 4.74 Å². The van der Waals surface area contributed by atoms with Gasteiger partial charge in [0.25, 0.3) is 4.59 Å². The lowest BCUT2D eigenvalue weighted by molar-refractivity contribution is -0.452. The van der Waals surface area contributed by atoms with Gasteiger partial charge in [-0.25, -0.2) is 8.78 Å². The average molecular weight is 385 g/mol. The first-order chi connectivity index (χ1) is 8.38. The van der Waals surface area contributed by atoms with Crippen LogP contribution in [0.15, 0.2) is 0 Å². The molecule has 0 aromatic carbocycles. The van der Waals surface area contributed by atoms with Crippen LogP contribution in [0.5, 0.6) is 0 Å². The fraction of sp³-hybridized carbons (Fsp3) is 1.00. The Labute approximate surface area is 118 Å². The number of halogens is 13. The first-order valence-corrected chi connectivity index (χ1v) is 5.16. The Kier molecular flexibility index (Phi) is 5.43. The van der Waals surface area contributed by atoms with Crippen LogP contribution in [0.4, 0.5) is 43.9 Å². The van der Waals surface area contributed by atoms with Gasteiger partial charge in [0.05, 0.1) is 0 Å². The van der Waals surface area contributed by atoms with Crippen molar-refractivity contribution in [3.05, 3.63) is 0 Å². The van der Waals surface area contributed by atoms with Crippen molar-refractivity contribution in [1.29, 1.82) is 0 Å². The molecule has 122 valence electrons. The summed E-state index contributed by atoms with van der Waals surface area (Å²) in [7, 11) is 0. The molecule has 0 aliphatic rings. The van der Waals surface area contributed by atoms with Crippen LogP contribution >= 0.6 is 34.8 Å². The Morgan fingerprint density at radius 1 is 0.700 bits per heavy atom.